The molecule has 0 radical (unpaired) electrons. The summed E-state index contributed by atoms with van der Waals surface area (Å²) in [5.74, 6) is 0. The third-order valence-corrected chi connectivity index (χ3v) is 2.74. The van der Waals surface area contributed by atoms with Gasteiger partial charge in [-0.2, -0.15) is 5.10 Å². The van der Waals surface area contributed by atoms with Gasteiger partial charge in [0.15, 0.2) is 5.13 Å². The zero-order chi connectivity index (χ0) is 9.80. The van der Waals surface area contributed by atoms with Crippen LogP contribution in [0.25, 0.3) is 0 Å². The lowest BCUT2D eigenvalue weighted by atomic mass is 10.3. The van der Waals surface area contributed by atoms with Gasteiger partial charge in [-0.05, 0) is 6.07 Å². The SMILES string of the molecule is Cn1nccc1CCNc1nccs1. The van der Waals surface area contributed by atoms with Crippen molar-refractivity contribution in [3.63, 3.8) is 0 Å². The van der Waals surface area contributed by atoms with E-state index in [9.17, 15) is 0 Å². The highest BCUT2D eigenvalue weighted by molar-refractivity contribution is 7.13. The number of nitrogens with one attached hydrogen (secondary N) is 1. The van der Waals surface area contributed by atoms with E-state index in [-0.39, 0.29) is 0 Å². The molecule has 0 fully saturated rings. The molecule has 0 aliphatic rings. The van der Waals surface area contributed by atoms with Gasteiger partial charge in [0.1, 0.15) is 0 Å². The summed E-state index contributed by atoms with van der Waals surface area (Å²) in [6.07, 6.45) is 4.59. The number of hydrogen-bond acceptors (Lipinski definition) is 4. The maximum atomic E-state index is 4.14. The molecule has 0 saturated heterocycles. The Hall–Kier alpha value is -1.36. The van der Waals surface area contributed by atoms with Gasteiger partial charge in [-0.3, -0.25) is 4.68 Å². The lowest BCUT2D eigenvalue weighted by molar-refractivity contribution is 0.711. The fraction of sp³-hybridized carbons (Fsp3) is 0.333. The van der Waals surface area contributed by atoms with Gasteiger partial charge < -0.3 is 5.32 Å². The van der Waals surface area contributed by atoms with E-state index >= 15 is 0 Å². The van der Waals surface area contributed by atoms with Crippen molar-refractivity contribution in [1.82, 2.24) is 14.8 Å². The predicted molar refractivity (Wildman–Crippen MR) is 57.5 cm³/mol. The fourth-order valence-corrected chi connectivity index (χ4v) is 1.81. The number of aromatic nitrogens is 3. The quantitative estimate of drug-likeness (QED) is 0.828. The summed E-state index contributed by atoms with van der Waals surface area (Å²) >= 11 is 1.62. The van der Waals surface area contributed by atoms with Crippen molar-refractivity contribution in [2.75, 3.05) is 11.9 Å². The van der Waals surface area contributed by atoms with Gasteiger partial charge in [-0.25, -0.2) is 4.98 Å². The Morgan fingerprint density at radius 3 is 3.07 bits per heavy atom. The molecular weight excluding hydrogens is 196 g/mol. The topological polar surface area (TPSA) is 42.7 Å². The molecule has 4 nitrogen and oxygen atoms in total. The number of thiazole rings is 1. The minimum absolute atomic E-state index is 0.896. The molecule has 0 aliphatic carbocycles. The van der Waals surface area contributed by atoms with Gasteiger partial charge in [0.2, 0.25) is 0 Å². The van der Waals surface area contributed by atoms with Crippen molar-refractivity contribution < 1.29 is 0 Å². The second-order valence-corrected chi connectivity index (χ2v) is 3.85. The average Bonchev–Trinajstić information content (AvgIpc) is 2.78. The molecule has 0 spiro atoms. The van der Waals surface area contributed by atoms with Gasteiger partial charge >= 0.3 is 0 Å². The van der Waals surface area contributed by atoms with E-state index < -0.39 is 0 Å². The second kappa shape index (κ2) is 4.23. The lowest BCUT2D eigenvalue weighted by Gasteiger charge is -2.02. The summed E-state index contributed by atoms with van der Waals surface area (Å²) in [4.78, 5) is 4.14. The van der Waals surface area contributed by atoms with Crippen LogP contribution in [0.1, 0.15) is 5.69 Å². The zero-order valence-corrected chi connectivity index (χ0v) is 8.79. The maximum Gasteiger partial charge on any atom is 0.182 e. The lowest BCUT2D eigenvalue weighted by Crippen LogP contribution is -2.07. The summed E-state index contributed by atoms with van der Waals surface area (Å²) in [7, 11) is 1.96. The summed E-state index contributed by atoms with van der Waals surface area (Å²) in [5, 5.41) is 10.3. The first-order valence-corrected chi connectivity index (χ1v) is 5.34. The Kier molecular flexibility index (Phi) is 2.78. The first kappa shape index (κ1) is 9.21. The molecule has 2 aromatic rings. The van der Waals surface area contributed by atoms with Crippen LogP contribution in [0.3, 0.4) is 0 Å². The maximum absolute atomic E-state index is 4.14. The average molecular weight is 208 g/mol. The molecule has 0 aliphatic heterocycles. The molecule has 2 heterocycles. The Morgan fingerprint density at radius 1 is 1.50 bits per heavy atom. The zero-order valence-electron chi connectivity index (χ0n) is 7.97. The van der Waals surface area contributed by atoms with Crippen LogP contribution >= 0.6 is 11.3 Å². The summed E-state index contributed by atoms with van der Waals surface area (Å²) in [6, 6.07) is 2.03. The largest absolute Gasteiger partial charge is 0.361 e. The van der Waals surface area contributed by atoms with Crippen molar-refractivity contribution >= 4 is 16.5 Å². The van der Waals surface area contributed by atoms with Crippen molar-refractivity contribution in [3.05, 3.63) is 29.5 Å². The highest BCUT2D eigenvalue weighted by Crippen LogP contribution is 2.10. The minimum Gasteiger partial charge on any atom is -0.361 e. The van der Waals surface area contributed by atoms with E-state index in [1.807, 2.05) is 29.4 Å². The molecule has 0 saturated carbocycles. The molecule has 5 heteroatoms. The smallest absolute Gasteiger partial charge is 0.182 e. The van der Waals surface area contributed by atoms with Crippen LogP contribution < -0.4 is 5.32 Å². The Morgan fingerprint density at radius 2 is 2.43 bits per heavy atom. The molecule has 74 valence electrons. The second-order valence-electron chi connectivity index (χ2n) is 2.96. The minimum atomic E-state index is 0.896. The molecule has 1 N–H and O–H groups in total. The van der Waals surface area contributed by atoms with Crippen LogP contribution in [0.2, 0.25) is 0 Å². The Labute approximate surface area is 86.6 Å². The number of aryl methyl sites for hydroxylation is 1. The fourth-order valence-electron chi connectivity index (χ4n) is 1.25. The van der Waals surface area contributed by atoms with E-state index in [0.717, 1.165) is 18.1 Å². The van der Waals surface area contributed by atoms with Gasteiger partial charge in [0.05, 0.1) is 0 Å². The van der Waals surface area contributed by atoms with Crippen LogP contribution in [-0.2, 0) is 13.5 Å². The molecule has 2 rings (SSSR count). The predicted octanol–water partition coefficient (Wildman–Crippen LogP) is 1.53. The first-order valence-electron chi connectivity index (χ1n) is 4.46. The number of anilines is 1. The van der Waals surface area contributed by atoms with E-state index in [2.05, 4.69) is 15.4 Å². The summed E-state index contributed by atoms with van der Waals surface area (Å²) < 4.78 is 1.89. The van der Waals surface area contributed by atoms with E-state index in [1.165, 1.54) is 5.69 Å². The van der Waals surface area contributed by atoms with Crippen LogP contribution in [0.5, 0.6) is 0 Å². The van der Waals surface area contributed by atoms with Crippen molar-refractivity contribution in [3.8, 4) is 0 Å². The van der Waals surface area contributed by atoms with E-state index in [0.29, 0.717) is 0 Å². The molecule has 2 aromatic heterocycles. The third kappa shape index (κ3) is 2.11. The normalized spacial score (nSPS) is 10.4. The first-order chi connectivity index (χ1) is 6.86. The van der Waals surface area contributed by atoms with Crippen molar-refractivity contribution in [2.24, 2.45) is 7.05 Å². The van der Waals surface area contributed by atoms with Gasteiger partial charge in [-0.15, -0.1) is 11.3 Å². The monoisotopic (exact) mass is 208 g/mol. The third-order valence-electron chi connectivity index (χ3n) is 2.01. The van der Waals surface area contributed by atoms with E-state index in [1.54, 1.807) is 17.5 Å². The highest BCUT2D eigenvalue weighted by Gasteiger charge is 1.98. The molecule has 0 bridgehead atoms. The van der Waals surface area contributed by atoms with Crippen LogP contribution in [0.4, 0.5) is 5.13 Å². The number of nitrogens with zero attached hydrogens (tertiary/aromatic N) is 3. The van der Waals surface area contributed by atoms with Gasteiger partial charge in [-0.1, -0.05) is 0 Å². The summed E-state index contributed by atoms with van der Waals surface area (Å²) in [5.41, 5.74) is 1.23. The Balaban J connectivity index is 1.81. The Bertz CT molecular complexity index is 379. The standard InChI is InChI=1S/C9H12N4S/c1-13-8(3-5-12-13)2-4-10-9-11-6-7-14-9/h3,5-7H,2,4H2,1H3,(H,10,11). The van der Waals surface area contributed by atoms with Crippen LogP contribution in [0, 0.1) is 0 Å². The number of hydrogen-bond donors (Lipinski definition) is 1. The van der Waals surface area contributed by atoms with Crippen LogP contribution in [-0.4, -0.2) is 21.3 Å². The molecule has 0 aromatic carbocycles. The molecular formula is C9H12N4S. The summed E-state index contributed by atoms with van der Waals surface area (Å²) in [6.45, 7) is 0.896. The van der Waals surface area contributed by atoms with E-state index in [4.69, 9.17) is 0 Å². The molecule has 0 atom stereocenters. The van der Waals surface area contributed by atoms with Crippen molar-refractivity contribution in [2.45, 2.75) is 6.42 Å². The molecule has 0 amide bonds. The highest BCUT2D eigenvalue weighted by atomic mass is 32.1. The number of rotatable bonds is 4. The van der Waals surface area contributed by atoms with Crippen LogP contribution in [0.15, 0.2) is 23.8 Å². The molecule has 0 unspecified atom stereocenters. The molecule has 14 heavy (non-hydrogen) atoms. The van der Waals surface area contributed by atoms with Crippen molar-refractivity contribution in [1.29, 1.82) is 0 Å². The van der Waals surface area contributed by atoms with Gasteiger partial charge in [0.25, 0.3) is 0 Å². The van der Waals surface area contributed by atoms with Gasteiger partial charge in [0, 0.05) is 43.5 Å².